The standard InChI is InChI=1S/C12H13ClFN3O2/c13-10-7(2-1-3-8(10)14)12(19)17-5-4-16-6-9(17)11(15)18/h1-3,9,16H,4-6H2,(H2,15,18). The predicted molar refractivity (Wildman–Crippen MR) is 68.3 cm³/mol. The summed E-state index contributed by atoms with van der Waals surface area (Å²) in [6, 6.07) is 3.24. The first-order valence-corrected chi connectivity index (χ1v) is 6.15. The number of carbonyl (C=O) groups excluding carboxylic acids is 2. The van der Waals surface area contributed by atoms with Gasteiger partial charge in [-0.2, -0.15) is 0 Å². The summed E-state index contributed by atoms with van der Waals surface area (Å²) in [7, 11) is 0. The Balaban J connectivity index is 2.31. The van der Waals surface area contributed by atoms with Crippen LogP contribution < -0.4 is 11.1 Å². The molecule has 0 spiro atoms. The summed E-state index contributed by atoms with van der Waals surface area (Å²) in [5.41, 5.74) is 5.30. The van der Waals surface area contributed by atoms with Crippen LogP contribution in [0, 0.1) is 5.82 Å². The van der Waals surface area contributed by atoms with Gasteiger partial charge < -0.3 is 16.0 Å². The SMILES string of the molecule is NC(=O)C1CNCCN1C(=O)c1cccc(F)c1Cl. The first kappa shape index (κ1) is 13.8. The van der Waals surface area contributed by atoms with E-state index in [1.165, 1.54) is 23.1 Å². The summed E-state index contributed by atoms with van der Waals surface area (Å²) in [4.78, 5) is 25.0. The fourth-order valence-electron chi connectivity index (χ4n) is 2.03. The van der Waals surface area contributed by atoms with Gasteiger partial charge in [-0.1, -0.05) is 17.7 Å². The molecule has 0 saturated carbocycles. The zero-order valence-electron chi connectivity index (χ0n) is 10.0. The second-order valence-corrected chi connectivity index (χ2v) is 4.60. The zero-order chi connectivity index (χ0) is 14.0. The topological polar surface area (TPSA) is 75.4 Å². The van der Waals surface area contributed by atoms with E-state index in [1.807, 2.05) is 0 Å². The van der Waals surface area contributed by atoms with Crippen LogP contribution in [0.1, 0.15) is 10.4 Å². The number of piperazine rings is 1. The third kappa shape index (κ3) is 2.69. The summed E-state index contributed by atoms with van der Waals surface area (Å²) >= 11 is 5.78. The van der Waals surface area contributed by atoms with Gasteiger partial charge in [0.15, 0.2) is 0 Å². The van der Waals surface area contributed by atoms with Crippen LogP contribution in [-0.2, 0) is 4.79 Å². The Labute approximate surface area is 114 Å². The lowest BCUT2D eigenvalue weighted by Gasteiger charge is -2.34. The van der Waals surface area contributed by atoms with Crippen LogP contribution >= 0.6 is 11.6 Å². The van der Waals surface area contributed by atoms with E-state index >= 15 is 0 Å². The van der Waals surface area contributed by atoms with Crippen molar-refractivity contribution in [1.82, 2.24) is 10.2 Å². The van der Waals surface area contributed by atoms with Gasteiger partial charge in [0.2, 0.25) is 5.91 Å². The molecule has 1 aliphatic heterocycles. The summed E-state index contributed by atoms with van der Waals surface area (Å²) in [5.74, 6) is -1.76. The Morgan fingerprint density at radius 3 is 2.89 bits per heavy atom. The molecule has 1 aliphatic rings. The fraction of sp³-hybridized carbons (Fsp3) is 0.333. The molecule has 1 saturated heterocycles. The number of primary amides is 1. The van der Waals surface area contributed by atoms with Gasteiger partial charge in [-0.05, 0) is 12.1 Å². The summed E-state index contributed by atoms with van der Waals surface area (Å²) in [6.45, 7) is 1.15. The number of halogens is 2. The Bertz CT molecular complexity index is 524. The molecule has 1 atom stereocenters. The summed E-state index contributed by atoms with van der Waals surface area (Å²) in [5, 5.41) is 2.74. The Kier molecular flexibility index (Phi) is 4.01. The second kappa shape index (κ2) is 5.54. The molecular formula is C12H13ClFN3O2. The summed E-state index contributed by atoms with van der Waals surface area (Å²) in [6.07, 6.45) is 0. The molecule has 5 nitrogen and oxygen atoms in total. The molecule has 0 bridgehead atoms. The molecule has 0 aromatic heterocycles. The lowest BCUT2D eigenvalue weighted by molar-refractivity contribution is -0.122. The monoisotopic (exact) mass is 285 g/mol. The highest BCUT2D eigenvalue weighted by Crippen LogP contribution is 2.22. The van der Waals surface area contributed by atoms with Crippen molar-refractivity contribution in [2.45, 2.75) is 6.04 Å². The van der Waals surface area contributed by atoms with Gasteiger partial charge in [0.05, 0.1) is 10.6 Å². The van der Waals surface area contributed by atoms with Crippen LogP contribution in [-0.4, -0.2) is 42.4 Å². The molecule has 1 aromatic carbocycles. The van der Waals surface area contributed by atoms with E-state index in [-0.39, 0.29) is 17.1 Å². The van der Waals surface area contributed by atoms with Gasteiger partial charge in [-0.3, -0.25) is 9.59 Å². The first-order chi connectivity index (χ1) is 9.02. The van der Waals surface area contributed by atoms with Crippen molar-refractivity contribution in [3.8, 4) is 0 Å². The van der Waals surface area contributed by atoms with Gasteiger partial charge in [0.25, 0.3) is 5.91 Å². The lowest BCUT2D eigenvalue weighted by Crippen LogP contribution is -2.58. The maximum atomic E-state index is 13.4. The highest BCUT2D eigenvalue weighted by Gasteiger charge is 2.32. The number of hydrogen-bond donors (Lipinski definition) is 2. The van der Waals surface area contributed by atoms with Gasteiger partial charge in [-0.15, -0.1) is 0 Å². The number of nitrogens with two attached hydrogens (primary N) is 1. The zero-order valence-corrected chi connectivity index (χ0v) is 10.8. The number of benzene rings is 1. The van der Waals surface area contributed by atoms with Gasteiger partial charge in [-0.25, -0.2) is 4.39 Å². The van der Waals surface area contributed by atoms with Crippen LogP contribution in [0.25, 0.3) is 0 Å². The largest absolute Gasteiger partial charge is 0.368 e. The van der Waals surface area contributed by atoms with Crippen molar-refractivity contribution >= 4 is 23.4 Å². The fourth-order valence-corrected chi connectivity index (χ4v) is 2.23. The van der Waals surface area contributed by atoms with E-state index in [2.05, 4.69) is 5.32 Å². The highest BCUT2D eigenvalue weighted by molar-refractivity contribution is 6.34. The molecule has 2 rings (SSSR count). The van der Waals surface area contributed by atoms with E-state index in [9.17, 15) is 14.0 Å². The number of rotatable bonds is 2. The molecule has 7 heteroatoms. The number of nitrogens with zero attached hydrogens (tertiary/aromatic N) is 1. The Hall–Kier alpha value is -1.66. The number of carbonyl (C=O) groups is 2. The van der Waals surface area contributed by atoms with Gasteiger partial charge in [0.1, 0.15) is 11.9 Å². The van der Waals surface area contributed by atoms with Crippen molar-refractivity contribution in [1.29, 1.82) is 0 Å². The van der Waals surface area contributed by atoms with Crippen LogP contribution in [0.3, 0.4) is 0 Å². The van der Waals surface area contributed by atoms with E-state index in [4.69, 9.17) is 17.3 Å². The van der Waals surface area contributed by atoms with Crippen LogP contribution in [0.5, 0.6) is 0 Å². The van der Waals surface area contributed by atoms with Crippen LogP contribution in [0.4, 0.5) is 4.39 Å². The molecule has 0 radical (unpaired) electrons. The highest BCUT2D eigenvalue weighted by atomic mass is 35.5. The molecule has 19 heavy (non-hydrogen) atoms. The third-order valence-corrected chi connectivity index (χ3v) is 3.40. The minimum atomic E-state index is -0.749. The molecule has 1 unspecified atom stereocenters. The number of amides is 2. The second-order valence-electron chi connectivity index (χ2n) is 4.22. The molecular weight excluding hydrogens is 273 g/mol. The van der Waals surface area contributed by atoms with Gasteiger partial charge >= 0.3 is 0 Å². The average molecular weight is 286 g/mol. The molecule has 1 heterocycles. The maximum Gasteiger partial charge on any atom is 0.256 e. The summed E-state index contributed by atoms with van der Waals surface area (Å²) < 4.78 is 13.4. The van der Waals surface area contributed by atoms with E-state index < -0.39 is 23.7 Å². The quantitative estimate of drug-likeness (QED) is 0.825. The number of hydrogen-bond acceptors (Lipinski definition) is 3. The first-order valence-electron chi connectivity index (χ1n) is 5.77. The average Bonchev–Trinajstić information content (AvgIpc) is 2.41. The van der Waals surface area contributed by atoms with Crippen molar-refractivity contribution in [3.05, 3.63) is 34.6 Å². The Morgan fingerprint density at radius 2 is 2.21 bits per heavy atom. The molecule has 2 amide bonds. The van der Waals surface area contributed by atoms with Crippen LogP contribution in [0.15, 0.2) is 18.2 Å². The minimum absolute atomic E-state index is 0.0369. The maximum absolute atomic E-state index is 13.4. The Morgan fingerprint density at radius 1 is 1.47 bits per heavy atom. The molecule has 1 fully saturated rings. The van der Waals surface area contributed by atoms with Crippen molar-refractivity contribution in [2.75, 3.05) is 19.6 Å². The minimum Gasteiger partial charge on any atom is -0.368 e. The normalized spacial score (nSPS) is 19.3. The molecule has 102 valence electrons. The molecule has 3 N–H and O–H groups in total. The molecule has 0 aliphatic carbocycles. The van der Waals surface area contributed by atoms with E-state index in [0.717, 1.165) is 0 Å². The van der Waals surface area contributed by atoms with Crippen molar-refractivity contribution < 1.29 is 14.0 Å². The predicted octanol–water partition coefficient (Wildman–Crippen LogP) is 0.378. The third-order valence-electron chi connectivity index (χ3n) is 3.01. The van der Waals surface area contributed by atoms with Crippen LogP contribution in [0.2, 0.25) is 5.02 Å². The lowest BCUT2D eigenvalue weighted by atomic mass is 10.1. The smallest absolute Gasteiger partial charge is 0.256 e. The van der Waals surface area contributed by atoms with E-state index in [0.29, 0.717) is 13.1 Å². The van der Waals surface area contributed by atoms with Crippen molar-refractivity contribution in [3.63, 3.8) is 0 Å². The van der Waals surface area contributed by atoms with Gasteiger partial charge in [0, 0.05) is 19.6 Å². The number of nitrogens with one attached hydrogen (secondary N) is 1. The van der Waals surface area contributed by atoms with Crippen molar-refractivity contribution in [2.24, 2.45) is 5.73 Å². The molecule has 1 aromatic rings. The van der Waals surface area contributed by atoms with E-state index in [1.54, 1.807) is 0 Å².